The summed E-state index contributed by atoms with van der Waals surface area (Å²) in [6, 6.07) is 18.6. The molecule has 1 fully saturated rings. The Morgan fingerprint density at radius 3 is 2.38 bits per heavy atom. The number of hydrogen-bond acceptors (Lipinski definition) is 5. The van der Waals surface area contributed by atoms with Crippen LogP contribution in [0.4, 0.5) is 15.8 Å². The first kappa shape index (κ1) is 26.6. The number of benzene rings is 3. The molecule has 0 aromatic heterocycles. The molecule has 1 atom stereocenters. The summed E-state index contributed by atoms with van der Waals surface area (Å²) in [4.78, 5) is 29.2. The lowest BCUT2D eigenvalue weighted by molar-refractivity contribution is -0.120. The standard InChI is InChI=1S/C29H23ClFN3O4S/c1-29(2)27(36)33(22-11-7-20(17-32)24(30)16-22)28(39-14-4-13-38-39)34(29)21-9-5-18(6-10-21)19-8-12-23(25(31)15-19)26(35)37-3/h4-12,14-16H,13H2,1-3H3. The molecule has 39 heavy (non-hydrogen) atoms. The topological polar surface area (TPSA) is 82.9 Å². The third-order valence-electron chi connectivity index (χ3n) is 6.52. The number of nitrogens with zero attached hydrogens (tertiary/aromatic N) is 3. The molecular formula is C29H23ClFN3O4S. The fourth-order valence-corrected chi connectivity index (χ4v) is 6.42. The number of nitriles is 1. The van der Waals surface area contributed by atoms with Gasteiger partial charge in [0.1, 0.15) is 17.4 Å². The predicted molar refractivity (Wildman–Crippen MR) is 151 cm³/mol. The van der Waals surface area contributed by atoms with Gasteiger partial charge < -0.3 is 13.8 Å². The molecule has 5 rings (SSSR count). The first-order valence-corrected chi connectivity index (χ1v) is 13.5. The maximum Gasteiger partial charge on any atom is 0.340 e. The number of carbonyl (C=O) groups is 2. The lowest BCUT2D eigenvalue weighted by Gasteiger charge is -2.31. The smallest absolute Gasteiger partial charge is 0.340 e. The Bertz CT molecular complexity index is 1610. The van der Waals surface area contributed by atoms with Crippen LogP contribution in [-0.4, -0.2) is 36.2 Å². The van der Waals surface area contributed by atoms with E-state index in [1.807, 2.05) is 60.6 Å². The van der Waals surface area contributed by atoms with Crippen molar-refractivity contribution in [3.8, 4) is 17.2 Å². The summed E-state index contributed by atoms with van der Waals surface area (Å²) >= 11 is 6.33. The van der Waals surface area contributed by atoms with Crippen molar-refractivity contribution in [1.29, 1.82) is 5.26 Å². The second-order valence-corrected chi connectivity index (χ2v) is 11.2. The molecule has 0 spiro atoms. The number of hydrogen-bond donors (Lipinski definition) is 0. The van der Waals surface area contributed by atoms with Gasteiger partial charge in [0.2, 0.25) is 0 Å². The average molecular weight is 564 g/mol. The van der Waals surface area contributed by atoms with E-state index >= 15 is 0 Å². The van der Waals surface area contributed by atoms with Crippen molar-refractivity contribution >= 4 is 50.7 Å². The van der Waals surface area contributed by atoms with Gasteiger partial charge in [0.15, 0.2) is 5.11 Å². The summed E-state index contributed by atoms with van der Waals surface area (Å²) in [6.45, 7) is 4.08. The van der Waals surface area contributed by atoms with E-state index in [9.17, 15) is 19.2 Å². The zero-order valence-corrected chi connectivity index (χ0v) is 22.8. The van der Waals surface area contributed by atoms with Crippen LogP contribution in [0.5, 0.6) is 0 Å². The van der Waals surface area contributed by atoms with E-state index in [4.69, 9.17) is 15.8 Å². The van der Waals surface area contributed by atoms with Crippen molar-refractivity contribution < 1.29 is 22.9 Å². The minimum absolute atomic E-state index is 0.136. The molecule has 198 valence electrons. The lowest BCUT2D eigenvalue weighted by atomic mass is 10.0. The van der Waals surface area contributed by atoms with E-state index in [-0.39, 0.29) is 16.5 Å². The van der Waals surface area contributed by atoms with Crippen molar-refractivity contribution in [2.24, 2.45) is 0 Å². The minimum Gasteiger partial charge on any atom is -0.465 e. The van der Waals surface area contributed by atoms with Gasteiger partial charge in [-0.15, -0.1) is 0 Å². The molecular weight excluding hydrogens is 541 g/mol. The van der Waals surface area contributed by atoms with E-state index in [2.05, 4.69) is 4.74 Å². The summed E-state index contributed by atoms with van der Waals surface area (Å²) in [6.07, 6.45) is 1.91. The van der Waals surface area contributed by atoms with Crippen molar-refractivity contribution in [2.45, 2.75) is 19.4 Å². The molecule has 1 saturated heterocycles. The van der Waals surface area contributed by atoms with Crippen LogP contribution in [0.3, 0.4) is 0 Å². The first-order chi connectivity index (χ1) is 18.7. The Kier molecular flexibility index (Phi) is 7.03. The van der Waals surface area contributed by atoms with Crippen molar-refractivity contribution in [3.05, 3.63) is 94.1 Å². The fourth-order valence-electron chi connectivity index (χ4n) is 4.54. The molecule has 1 amide bonds. The highest BCUT2D eigenvalue weighted by Gasteiger charge is 2.51. The molecule has 3 aromatic carbocycles. The average Bonchev–Trinajstić information content (AvgIpc) is 3.53. The molecule has 0 aliphatic carbocycles. The maximum absolute atomic E-state index is 14.5. The highest BCUT2D eigenvalue weighted by atomic mass is 35.5. The van der Waals surface area contributed by atoms with Crippen LogP contribution in [0, 0.1) is 17.1 Å². The van der Waals surface area contributed by atoms with Crippen LogP contribution in [0.1, 0.15) is 29.8 Å². The number of esters is 1. The molecule has 2 aliphatic rings. The van der Waals surface area contributed by atoms with Crippen LogP contribution in [-0.2, 0) is 13.7 Å². The fraction of sp³-hybridized carbons (Fsp3) is 0.172. The van der Waals surface area contributed by atoms with Crippen molar-refractivity contribution in [1.82, 2.24) is 0 Å². The maximum atomic E-state index is 14.5. The van der Waals surface area contributed by atoms with Gasteiger partial charge in [0.25, 0.3) is 5.91 Å². The summed E-state index contributed by atoms with van der Waals surface area (Å²) in [5.74, 6) is -1.59. The van der Waals surface area contributed by atoms with E-state index in [0.717, 1.165) is 11.3 Å². The molecule has 0 saturated carbocycles. The van der Waals surface area contributed by atoms with Crippen LogP contribution >= 0.6 is 22.4 Å². The molecule has 0 radical (unpaired) electrons. The highest BCUT2D eigenvalue weighted by Crippen LogP contribution is 2.42. The van der Waals surface area contributed by atoms with Crippen LogP contribution < -0.4 is 9.80 Å². The van der Waals surface area contributed by atoms with Crippen LogP contribution in [0.2, 0.25) is 5.02 Å². The number of anilines is 2. The largest absolute Gasteiger partial charge is 0.465 e. The Labute approximate surface area is 232 Å². The lowest BCUT2D eigenvalue weighted by Crippen LogP contribution is -2.44. The molecule has 7 nitrogen and oxygen atoms in total. The molecule has 3 aromatic rings. The van der Waals surface area contributed by atoms with E-state index in [0.29, 0.717) is 28.5 Å². The van der Waals surface area contributed by atoms with Gasteiger partial charge in [0, 0.05) is 16.5 Å². The van der Waals surface area contributed by atoms with Gasteiger partial charge in [-0.25, -0.2) is 9.18 Å². The number of ether oxygens (including phenoxy) is 1. The zero-order valence-electron chi connectivity index (χ0n) is 21.3. The highest BCUT2D eigenvalue weighted by molar-refractivity contribution is 8.15. The van der Waals surface area contributed by atoms with Crippen molar-refractivity contribution in [3.63, 3.8) is 0 Å². The Balaban J connectivity index is 1.58. The van der Waals surface area contributed by atoms with Gasteiger partial charge in [-0.05, 0) is 78.9 Å². The number of methoxy groups -OCH3 is 1. The predicted octanol–water partition coefficient (Wildman–Crippen LogP) is 6.25. The van der Waals surface area contributed by atoms with Gasteiger partial charge in [-0.1, -0.05) is 29.8 Å². The molecule has 10 heteroatoms. The summed E-state index contributed by atoms with van der Waals surface area (Å²) in [5, 5.41) is 12.1. The summed E-state index contributed by atoms with van der Waals surface area (Å²) in [7, 11) is 0.371. The number of amides is 1. The van der Waals surface area contributed by atoms with Gasteiger partial charge in [-0.2, -0.15) is 5.26 Å². The van der Waals surface area contributed by atoms with Crippen LogP contribution in [0.25, 0.3) is 11.1 Å². The SMILES string of the molecule is COC(=O)c1ccc(-c2ccc(N3C(=S4C=CCO4)N(c4ccc(C#N)c(Cl)c4)C(=O)C3(C)C)cc2)cc1F. The molecule has 2 aliphatic heterocycles. The third kappa shape index (κ3) is 4.61. The number of carbonyl (C=O) groups excluding carboxylic acids is 2. The van der Waals surface area contributed by atoms with Gasteiger partial charge in [-0.3, -0.25) is 9.69 Å². The molecule has 0 bridgehead atoms. The first-order valence-electron chi connectivity index (χ1n) is 11.9. The second-order valence-electron chi connectivity index (χ2n) is 9.28. The van der Waals surface area contributed by atoms with Gasteiger partial charge in [0.05, 0.1) is 35.6 Å². The van der Waals surface area contributed by atoms with E-state index < -0.39 is 28.1 Å². The van der Waals surface area contributed by atoms with Gasteiger partial charge >= 0.3 is 5.97 Å². The summed E-state index contributed by atoms with van der Waals surface area (Å²) in [5.41, 5.74) is 1.78. The molecule has 2 heterocycles. The number of halogens is 2. The Hall–Kier alpha value is -3.97. The Morgan fingerprint density at radius 2 is 1.79 bits per heavy atom. The zero-order chi connectivity index (χ0) is 27.9. The van der Waals surface area contributed by atoms with Crippen LogP contribution in [0.15, 0.2) is 72.1 Å². The number of rotatable bonds is 4. The minimum atomic E-state index is -0.988. The third-order valence-corrected chi connectivity index (χ3v) is 8.39. The molecule has 1 unspecified atom stereocenters. The quantitative estimate of drug-likeness (QED) is 0.275. The second kappa shape index (κ2) is 10.3. The van der Waals surface area contributed by atoms with E-state index in [1.54, 1.807) is 29.2 Å². The monoisotopic (exact) mass is 563 g/mol. The van der Waals surface area contributed by atoms with E-state index in [1.165, 1.54) is 19.2 Å². The normalized spacial score (nSPS) is 18.9. The summed E-state index contributed by atoms with van der Waals surface area (Å²) < 4.78 is 25.1. The van der Waals surface area contributed by atoms with Crippen molar-refractivity contribution in [2.75, 3.05) is 23.5 Å². The Morgan fingerprint density at radius 1 is 1.10 bits per heavy atom. The molecule has 0 N–H and O–H groups in total.